The minimum absolute atomic E-state index is 0.696. The summed E-state index contributed by atoms with van der Waals surface area (Å²) in [5.41, 5.74) is 2.92. The number of fused-ring (bicyclic) bond motifs is 3. The van der Waals surface area contributed by atoms with Crippen molar-refractivity contribution in [2.75, 3.05) is 0 Å². The predicted octanol–water partition coefficient (Wildman–Crippen LogP) is 3.44. The summed E-state index contributed by atoms with van der Waals surface area (Å²) in [5.74, 6) is 0. The molecule has 2 nitrogen and oxygen atoms in total. The van der Waals surface area contributed by atoms with Crippen LogP contribution in [0.1, 0.15) is 17.5 Å². The van der Waals surface area contributed by atoms with E-state index in [0.29, 0.717) is 6.42 Å². The van der Waals surface area contributed by atoms with Gasteiger partial charge in [0.25, 0.3) is 0 Å². The Morgan fingerprint density at radius 3 is 2.81 bits per heavy atom. The molecular formula is C14H11NO. The second-order valence-electron chi connectivity index (χ2n) is 3.90. The van der Waals surface area contributed by atoms with Crippen molar-refractivity contribution in [2.24, 2.45) is 5.16 Å². The van der Waals surface area contributed by atoms with Gasteiger partial charge in [-0.25, -0.2) is 0 Å². The van der Waals surface area contributed by atoms with Crippen LogP contribution < -0.4 is 0 Å². The van der Waals surface area contributed by atoms with Crippen LogP contribution in [-0.2, 0) is 0 Å². The van der Waals surface area contributed by atoms with Crippen molar-refractivity contribution in [3.8, 4) is 0 Å². The van der Waals surface area contributed by atoms with Crippen LogP contribution in [0.25, 0.3) is 16.8 Å². The van der Waals surface area contributed by atoms with Gasteiger partial charge < -0.3 is 5.21 Å². The van der Waals surface area contributed by atoms with E-state index in [0.717, 1.165) is 16.8 Å². The molecule has 0 aliphatic heterocycles. The Hall–Kier alpha value is -2.09. The molecular weight excluding hydrogens is 198 g/mol. The number of rotatable bonds is 0. The maximum atomic E-state index is 8.96. The van der Waals surface area contributed by atoms with E-state index in [-0.39, 0.29) is 0 Å². The zero-order chi connectivity index (χ0) is 11.0. The molecule has 3 rings (SSSR count). The van der Waals surface area contributed by atoms with Crippen LogP contribution >= 0.6 is 0 Å². The number of oxime groups is 1. The number of hydrogen-bond acceptors (Lipinski definition) is 2. The number of hydrogen-bond donors (Lipinski definition) is 1. The quantitative estimate of drug-likeness (QED) is 0.523. The molecule has 16 heavy (non-hydrogen) atoms. The smallest absolute Gasteiger partial charge is 0.0911 e. The number of nitrogens with zero attached hydrogens (tertiary/aromatic N) is 1. The lowest BCUT2D eigenvalue weighted by molar-refractivity contribution is 0.318. The first-order valence-corrected chi connectivity index (χ1v) is 5.30. The first kappa shape index (κ1) is 9.16. The summed E-state index contributed by atoms with van der Waals surface area (Å²) < 4.78 is 0. The highest BCUT2D eigenvalue weighted by molar-refractivity contribution is 6.11. The Balaban J connectivity index is 2.40. The van der Waals surface area contributed by atoms with Crippen molar-refractivity contribution in [2.45, 2.75) is 6.42 Å². The third-order valence-corrected chi connectivity index (χ3v) is 3.00. The molecule has 1 aliphatic carbocycles. The second kappa shape index (κ2) is 3.49. The normalized spacial score (nSPS) is 16.6. The second-order valence-corrected chi connectivity index (χ2v) is 3.90. The molecule has 2 aromatic carbocycles. The molecule has 0 radical (unpaired) electrons. The van der Waals surface area contributed by atoms with E-state index >= 15 is 0 Å². The van der Waals surface area contributed by atoms with E-state index in [1.54, 1.807) is 0 Å². The zero-order valence-corrected chi connectivity index (χ0v) is 8.72. The maximum absolute atomic E-state index is 8.96. The minimum Gasteiger partial charge on any atom is -0.411 e. The highest BCUT2D eigenvalue weighted by atomic mass is 16.4. The highest BCUT2D eigenvalue weighted by Gasteiger charge is 2.13. The van der Waals surface area contributed by atoms with E-state index in [2.05, 4.69) is 29.4 Å². The summed E-state index contributed by atoms with van der Waals surface area (Å²) in [6.07, 6.45) is 4.83. The molecule has 0 amide bonds. The SMILES string of the molecule is ON=C1CC=Cc2c1ccc1ccccc21. The summed E-state index contributed by atoms with van der Waals surface area (Å²) in [7, 11) is 0. The van der Waals surface area contributed by atoms with Crippen LogP contribution in [0.3, 0.4) is 0 Å². The van der Waals surface area contributed by atoms with E-state index in [1.807, 2.05) is 24.3 Å². The van der Waals surface area contributed by atoms with Crippen molar-refractivity contribution >= 4 is 22.6 Å². The van der Waals surface area contributed by atoms with E-state index in [9.17, 15) is 0 Å². The highest BCUT2D eigenvalue weighted by Crippen LogP contribution is 2.27. The monoisotopic (exact) mass is 209 g/mol. The third-order valence-electron chi connectivity index (χ3n) is 3.00. The van der Waals surface area contributed by atoms with Gasteiger partial charge in [-0.05, 0) is 16.3 Å². The first-order chi connectivity index (χ1) is 7.90. The molecule has 2 aromatic rings. The molecule has 2 heteroatoms. The molecule has 0 fully saturated rings. The van der Waals surface area contributed by atoms with E-state index in [1.165, 1.54) is 10.8 Å². The molecule has 0 spiro atoms. The van der Waals surface area contributed by atoms with E-state index < -0.39 is 0 Å². The van der Waals surface area contributed by atoms with Gasteiger partial charge in [0, 0.05) is 12.0 Å². The van der Waals surface area contributed by atoms with Gasteiger partial charge in [0.2, 0.25) is 0 Å². The van der Waals surface area contributed by atoms with Crippen LogP contribution in [-0.4, -0.2) is 10.9 Å². The molecule has 0 heterocycles. The van der Waals surface area contributed by atoms with Gasteiger partial charge in [0.1, 0.15) is 0 Å². The molecule has 1 aliphatic rings. The lowest BCUT2D eigenvalue weighted by Gasteiger charge is -2.14. The summed E-state index contributed by atoms with van der Waals surface area (Å²) in [6, 6.07) is 12.3. The Morgan fingerprint density at radius 2 is 1.94 bits per heavy atom. The number of allylic oxidation sites excluding steroid dienone is 1. The average molecular weight is 209 g/mol. The topological polar surface area (TPSA) is 32.6 Å². The minimum atomic E-state index is 0.696. The fourth-order valence-corrected chi connectivity index (χ4v) is 2.22. The van der Waals surface area contributed by atoms with E-state index in [4.69, 9.17) is 5.21 Å². The van der Waals surface area contributed by atoms with Crippen LogP contribution in [0.2, 0.25) is 0 Å². The molecule has 0 atom stereocenters. The Labute approximate surface area is 93.5 Å². The van der Waals surface area contributed by atoms with Gasteiger partial charge in [-0.2, -0.15) is 0 Å². The Kier molecular flexibility index (Phi) is 2.00. The zero-order valence-electron chi connectivity index (χ0n) is 8.72. The predicted molar refractivity (Wildman–Crippen MR) is 65.9 cm³/mol. The molecule has 0 unspecified atom stereocenters. The largest absolute Gasteiger partial charge is 0.411 e. The Morgan fingerprint density at radius 1 is 1.06 bits per heavy atom. The van der Waals surface area contributed by atoms with Crippen LogP contribution in [0.15, 0.2) is 47.6 Å². The maximum Gasteiger partial charge on any atom is 0.0911 e. The van der Waals surface area contributed by atoms with Crippen molar-refractivity contribution in [3.63, 3.8) is 0 Å². The number of benzene rings is 2. The fraction of sp³-hybridized carbons (Fsp3) is 0.0714. The lowest BCUT2D eigenvalue weighted by atomic mass is 9.91. The van der Waals surface area contributed by atoms with Gasteiger partial charge in [0.15, 0.2) is 0 Å². The molecule has 0 aromatic heterocycles. The van der Waals surface area contributed by atoms with Crippen LogP contribution in [0.4, 0.5) is 0 Å². The first-order valence-electron chi connectivity index (χ1n) is 5.30. The summed E-state index contributed by atoms with van der Waals surface area (Å²) in [4.78, 5) is 0. The third kappa shape index (κ3) is 1.23. The van der Waals surface area contributed by atoms with Gasteiger partial charge in [0.05, 0.1) is 5.71 Å². The Bertz CT molecular complexity index is 611. The standard InChI is InChI=1S/C14H11NO/c16-15-14-7-3-6-12-11-5-2-1-4-10(11)8-9-13(12)14/h1-6,8-9,16H,7H2. The molecule has 0 bridgehead atoms. The fourth-order valence-electron chi connectivity index (χ4n) is 2.22. The van der Waals surface area contributed by atoms with Crippen LogP contribution in [0, 0.1) is 0 Å². The van der Waals surface area contributed by atoms with Crippen molar-refractivity contribution in [1.82, 2.24) is 0 Å². The van der Waals surface area contributed by atoms with Gasteiger partial charge >= 0.3 is 0 Å². The summed E-state index contributed by atoms with van der Waals surface area (Å²) in [5, 5.41) is 14.7. The summed E-state index contributed by atoms with van der Waals surface area (Å²) >= 11 is 0. The van der Waals surface area contributed by atoms with Gasteiger partial charge in [-0.15, -0.1) is 0 Å². The van der Waals surface area contributed by atoms with Crippen LogP contribution in [0.5, 0.6) is 0 Å². The lowest BCUT2D eigenvalue weighted by Crippen LogP contribution is -2.06. The van der Waals surface area contributed by atoms with Gasteiger partial charge in [-0.3, -0.25) is 0 Å². The van der Waals surface area contributed by atoms with Gasteiger partial charge in [-0.1, -0.05) is 53.7 Å². The molecule has 78 valence electrons. The molecule has 0 saturated carbocycles. The summed E-state index contributed by atoms with van der Waals surface area (Å²) in [6.45, 7) is 0. The van der Waals surface area contributed by atoms with Crippen molar-refractivity contribution < 1.29 is 5.21 Å². The van der Waals surface area contributed by atoms with Crippen molar-refractivity contribution in [3.05, 3.63) is 53.6 Å². The molecule has 1 N–H and O–H groups in total. The molecule has 0 saturated heterocycles. The average Bonchev–Trinajstić information content (AvgIpc) is 2.37. The van der Waals surface area contributed by atoms with Crippen molar-refractivity contribution in [1.29, 1.82) is 0 Å².